The third-order valence-electron chi connectivity index (χ3n) is 4.04. The van der Waals surface area contributed by atoms with Gasteiger partial charge in [0.1, 0.15) is 5.52 Å². The van der Waals surface area contributed by atoms with Gasteiger partial charge >= 0.3 is 11.9 Å². The van der Waals surface area contributed by atoms with Crippen LogP contribution in [0.5, 0.6) is 0 Å². The molecule has 3 aromatic rings. The number of hydrogen-bond acceptors (Lipinski definition) is 7. The lowest BCUT2D eigenvalue weighted by molar-refractivity contribution is -0.123. The van der Waals surface area contributed by atoms with E-state index in [9.17, 15) is 14.4 Å². The fourth-order valence-corrected chi connectivity index (χ4v) is 2.58. The van der Waals surface area contributed by atoms with E-state index in [4.69, 9.17) is 9.47 Å². The Hall–Kier alpha value is -3.81. The Balaban J connectivity index is 1.64. The van der Waals surface area contributed by atoms with Crippen molar-refractivity contribution in [2.24, 2.45) is 0 Å². The molecule has 0 saturated carbocycles. The monoisotopic (exact) mass is 393 g/mol. The standard InChI is InChI=1S/C21H19N3O5/c1-3-28-20(26)14-7-9-15(10-8-14)24-19(25)13(2)29-21(27)16-5-4-6-17-18(16)23-12-11-22-17/h4-13H,3H2,1-2H3,(H,24,25). The molecular weight excluding hydrogens is 374 g/mol. The zero-order chi connectivity index (χ0) is 20.8. The maximum absolute atomic E-state index is 12.5. The van der Waals surface area contributed by atoms with Gasteiger partial charge in [0, 0.05) is 18.1 Å². The number of fused-ring (bicyclic) bond motifs is 1. The molecule has 0 saturated heterocycles. The van der Waals surface area contributed by atoms with Crippen molar-refractivity contribution < 1.29 is 23.9 Å². The number of ether oxygens (including phenoxy) is 2. The van der Waals surface area contributed by atoms with Gasteiger partial charge in [0.2, 0.25) is 0 Å². The second-order valence-electron chi connectivity index (χ2n) is 6.06. The molecule has 0 aliphatic carbocycles. The van der Waals surface area contributed by atoms with Gasteiger partial charge in [-0.05, 0) is 50.2 Å². The van der Waals surface area contributed by atoms with Gasteiger partial charge in [0.25, 0.3) is 5.91 Å². The lowest BCUT2D eigenvalue weighted by atomic mass is 10.1. The molecule has 2 aromatic carbocycles. The van der Waals surface area contributed by atoms with Crippen LogP contribution in [0, 0.1) is 0 Å². The van der Waals surface area contributed by atoms with Crippen molar-refractivity contribution in [3.8, 4) is 0 Å². The van der Waals surface area contributed by atoms with Crippen LogP contribution in [-0.2, 0) is 14.3 Å². The van der Waals surface area contributed by atoms with E-state index in [1.54, 1.807) is 49.4 Å². The van der Waals surface area contributed by atoms with Crippen LogP contribution in [-0.4, -0.2) is 40.5 Å². The van der Waals surface area contributed by atoms with Gasteiger partial charge < -0.3 is 14.8 Å². The number of carbonyl (C=O) groups is 3. The first kappa shape index (κ1) is 19.9. The number of nitrogens with zero attached hydrogens (tertiary/aromatic N) is 2. The minimum Gasteiger partial charge on any atom is -0.462 e. The predicted molar refractivity (Wildman–Crippen MR) is 105 cm³/mol. The minimum absolute atomic E-state index is 0.231. The topological polar surface area (TPSA) is 107 Å². The van der Waals surface area contributed by atoms with Gasteiger partial charge in [0.05, 0.1) is 23.3 Å². The van der Waals surface area contributed by atoms with Crippen LogP contribution in [0.25, 0.3) is 11.0 Å². The minimum atomic E-state index is -1.04. The molecule has 1 aromatic heterocycles. The van der Waals surface area contributed by atoms with Gasteiger partial charge in [-0.1, -0.05) is 6.07 Å². The summed E-state index contributed by atoms with van der Waals surface area (Å²) in [5, 5.41) is 2.64. The van der Waals surface area contributed by atoms with Gasteiger partial charge in [-0.25, -0.2) is 9.59 Å². The number of hydrogen-bond donors (Lipinski definition) is 1. The molecule has 148 valence electrons. The van der Waals surface area contributed by atoms with E-state index >= 15 is 0 Å². The SMILES string of the molecule is CCOC(=O)c1ccc(NC(=O)C(C)OC(=O)c2cccc3nccnc23)cc1. The van der Waals surface area contributed by atoms with Crippen LogP contribution in [0.15, 0.2) is 54.9 Å². The van der Waals surface area contributed by atoms with E-state index in [0.717, 1.165) is 0 Å². The van der Waals surface area contributed by atoms with Crippen molar-refractivity contribution in [3.63, 3.8) is 0 Å². The Labute approximate surface area is 166 Å². The van der Waals surface area contributed by atoms with Crippen LogP contribution in [0.2, 0.25) is 0 Å². The first-order valence-corrected chi connectivity index (χ1v) is 8.98. The molecule has 1 heterocycles. The number of nitrogens with one attached hydrogen (secondary N) is 1. The molecule has 0 spiro atoms. The van der Waals surface area contributed by atoms with Crippen LogP contribution in [0.3, 0.4) is 0 Å². The number of esters is 2. The van der Waals surface area contributed by atoms with E-state index in [1.807, 2.05) is 0 Å². The number of rotatable bonds is 6. The van der Waals surface area contributed by atoms with E-state index < -0.39 is 23.9 Å². The highest BCUT2D eigenvalue weighted by molar-refractivity contribution is 6.03. The molecule has 0 fully saturated rings. The van der Waals surface area contributed by atoms with Gasteiger partial charge in [0.15, 0.2) is 6.10 Å². The number of amides is 1. The Morgan fingerprint density at radius 1 is 1.00 bits per heavy atom. The zero-order valence-electron chi connectivity index (χ0n) is 15.9. The normalized spacial score (nSPS) is 11.5. The van der Waals surface area contributed by atoms with Crippen LogP contribution < -0.4 is 5.32 Å². The maximum Gasteiger partial charge on any atom is 0.341 e. The molecule has 1 unspecified atom stereocenters. The fraction of sp³-hybridized carbons (Fsp3) is 0.190. The van der Waals surface area contributed by atoms with Crippen molar-refractivity contribution in [1.29, 1.82) is 0 Å². The van der Waals surface area contributed by atoms with E-state index in [0.29, 0.717) is 22.3 Å². The molecule has 1 N–H and O–H groups in total. The summed E-state index contributed by atoms with van der Waals surface area (Å²) < 4.78 is 10.2. The summed E-state index contributed by atoms with van der Waals surface area (Å²) in [6.07, 6.45) is 1.97. The van der Waals surface area contributed by atoms with Crippen molar-refractivity contribution >= 4 is 34.6 Å². The summed E-state index contributed by atoms with van der Waals surface area (Å²) in [7, 11) is 0. The van der Waals surface area contributed by atoms with Crippen LogP contribution in [0.1, 0.15) is 34.6 Å². The lowest BCUT2D eigenvalue weighted by Crippen LogP contribution is -2.30. The van der Waals surface area contributed by atoms with E-state index in [2.05, 4.69) is 15.3 Å². The van der Waals surface area contributed by atoms with Crippen LogP contribution >= 0.6 is 0 Å². The number of aromatic nitrogens is 2. The quantitative estimate of drug-likeness (QED) is 0.642. The predicted octanol–water partition coefficient (Wildman–Crippen LogP) is 2.99. The largest absolute Gasteiger partial charge is 0.462 e. The maximum atomic E-state index is 12.5. The average molecular weight is 393 g/mol. The summed E-state index contributed by atoms with van der Waals surface area (Å²) in [6.45, 7) is 3.47. The van der Waals surface area contributed by atoms with Gasteiger partial charge in [-0.3, -0.25) is 14.8 Å². The summed E-state index contributed by atoms with van der Waals surface area (Å²) in [6, 6.07) is 11.2. The van der Waals surface area contributed by atoms with E-state index in [-0.39, 0.29) is 12.2 Å². The highest BCUT2D eigenvalue weighted by Crippen LogP contribution is 2.16. The smallest absolute Gasteiger partial charge is 0.341 e. The van der Waals surface area contributed by atoms with Crippen molar-refractivity contribution in [2.45, 2.75) is 20.0 Å². The summed E-state index contributed by atoms with van der Waals surface area (Å²) in [5.41, 5.74) is 2.03. The molecule has 0 bridgehead atoms. The second kappa shape index (κ2) is 8.92. The Morgan fingerprint density at radius 2 is 1.72 bits per heavy atom. The molecule has 8 heteroatoms. The summed E-state index contributed by atoms with van der Waals surface area (Å²) >= 11 is 0. The number of anilines is 1. The van der Waals surface area contributed by atoms with E-state index in [1.165, 1.54) is 19.3 Å². The molecule has 0 radical (unpaired) electrons. The summed E-state index contributed by atoms with van der Waals surface area (Å²) in [5.74, 6) is -1.61. The molecule has 29 heavy (non-hydrogen) atoms. The average Bonchev–Trinajstić information content (AvgIpc) is 2.73. The molecule has 0 aliphatic heterocycles. The third kappa shape index (κ3) is 4.73. The van der Waals surface area contributed by atoms with Gasteiger partial charge in [-0.2, -0.15) is 0 Å². The highest BCUT2D eigenvalue weighted by Gasteiger charge is 2.21. The fourth-order valence-electron chi connectivity index (χ4n) is 2.58. The lowest BCUT2D eigenvalue weighted by Gasteiger charge is -2.14. The molecule has 1 amide bonds. The number of carbonyl (C=O) groups excluding carboxylic acids is 3. The zero-order valence-corrected chi connectivity index (χ0v) is 15.9. The Bertz CT molecular complexity index is 1040. The van der Waals surface area contributed by atoms with Crippen molar-refractivity contribution in [2.75, 3.05) is 11.9 Å². The number of para-hydroxylation sites is 1. The Kier molecular flexibility index (Phi) is 6.13. The molecule has 1 atom stereocenters. The third-order valence-corrected chi connectivity index (χ3v) is 4.04. The molecular formula is C21H19N3O5. The first-order valence-electron chi connectivity index (χ1n) is 8.98. The van der Waals surface area contributed by atoms with Crippen molar-refractivity contribution in [3.05, 3.63) is 66.0 Å². The second-order valence-corrected chi connectivity index (χ2v) is 6.06. The first-order chi connectivity index (χ1) is 14.0. The molecule has 3 rings (SSSR count). The highest BCUT2D eigenvalue weighted by atomic mass is 16.5. The molecule has 8 nitrogen and oxygen atoms in total. The Morgan fingerprint density at radius 3 is 2.45 bits per heavy atom. The van der Waals surface area contributed by atoms with Gasteiger partial charge in [-0.15, -0.1) is 0 Å². The number of benzene rings is 2. The van der Waals surface area contributed by atoms with Crippen LogP contribution in [0.4, 0.5) is 5.69 Å². The molecule has 0 aliphatic rings. The summed E-state index contributed by atoms with van der Waals surface area (Å²) in [4.78, 5) is 44.8. The van der Waals surface area contributed by atoms with Crippen molar-refractivity contribution in [1.82, 2.24) is 9.97 Å².